The van der Waals surface area contributed by atoms with E-state index >= 15 is 0 Å². The third-order valence-electron chi connectivity index (χ3n) is 3.05. The van der Waals surface area contributed by atoms with Gasteiger partial charge in [-0.3, -0.25) is 0 Å². The smallest absolute Gasteiger partial charge is 0.00258 e. The molecule has 0 amide bonds. The van der Waals surface area contributed by atoms with E-state index in [0.717, 1.165) is 6.42 Å². The van der Waals surface area contributed by atoms with Crippen LogP contribution in [0.4, 0.5) is 0 Å². The standard InChI is InChI=1S/C13H12.C4H9N/c1-3-7-12(8-4-1)11-13-9-5-2-6-10-13;1-2-4-5-3-1/h1-10H,11H2;5H,1-4H2. The lowest BCUT2D eigenvalue weighted by atomic mass is 10.1. The fourth-order valence-corrected chi connectivity index (χ4v) is 2.05. The molecule has 0 aromatic heterocycles. The third-order valence-corrected chi connectivity index (χ3v) is 3.05. The Morgan fingerprint density at radius 2 is 1.11 bits per heavy atom. The minimum atomic E-state index is 1.03. The van der Waals surface area contributed by atoms with Gasteiger partial charge in [0, 0.05) is 0 Å². The largest absolute Gasteiger partial charge is 0.317 e. The Hall–Kier alpha value is -1.60. The molecule has 0 spiro atoms. The van der Waals surface area contributed by atoms with Gasteiger partial charge >= 0.3 is 0 Å². The summed E-state index contributed by atoms with van der Waals surface area (Å²) in [6.45, 7) is 2.50. The van der Waals surface area contributed by atoms with Crippen LogP contribution < -0.4 is 5.32 Å². The predicted octanol–water partition coefficient (Wildman–Crippen LogP) is 3.65. The van der Waals surface area contributed by atoms with E-state index in [4.69, 9.17) is 0 Å². The Morgan fingerprint density at radius 3 is 1.44 bits per heavy atom. The molecule has 1 fully saturated rings. The van der Waals surface area contributed by atoms with Gasteiger partial charge < -0.3 is 5.32 Å². The van der Waals surface area contributed by atoms with E-state index in [0.29, 0.717) is 0 Å². The Labute approximate surface area is 110 Å². The van der Waals surface area contributed by atoms with E-state index in [2.05, 4.69) is 66.0 Å². The van der Waals surface area contributed by atoms with Crippen molar-refractivity contribution in [2.75, 3.05) is 13.1 Å². The highest BCUT2D eigenvalue weighted by Gasteiger charge is 1.93. The quantitative estimate of drug-likeness (QED) is 0.843. The molecular formula is C17H21N. The number of hydrogen-bond acceptors (Lipinski definition) is 1. The molecule has 1 aliphatic rings. The fourth-order valence-electron chi connectivity index (χ4n) is 2.05. The third kappa shape index (κ3) is 4.72. The van der Waals surface area contributed by atoms with Gasteiger partial charge in [-0.1, -0.05) is 60.7 Å². The predicted molar refractivity (Wildman–Crippen MR) is 77.8 cm³/mol. The summed E-state index contributed by atoms with van der Waals surface area (Å²) in [6.07, 6.45) is 3.81. The zero-order valence-corrected chi connectivity index (χ0v) is 10.8. The molecule has 18 heavy (non-hydrogen) atoms. The maximum atomic E-state index is 3.22. The molecule has 1 nitrogen and oxygen atoms in total. The van der Waals surface area contributed by atoms with Gasteiger partial charge in [-0.05, 0) is 43.5 Å². The summed E-state index contributed by atoms with van der Waals surface area (Å²) in [5.41, 5.74) is 2.74. The topological polar surface area (TPSA) is 12.0 Å². The molecule has 2 aromatic carbocycles. The molecule has 3 rings (SSSR count). The first-order chi connectivity index (χ1) is 8.95. The molecule has 1 heteroatoms. The minimum absolute atomic E-state index is 1.03. The maximum Gasteiger partial charge on any atom is -0.00258 e. The monoisotopic (exact) mass is 239 g/mol. The van der Waals surface area contributed by atoms with Crippen molar-refractivity contribution >= 4 is 0 Å². The lowest BCUT2D eigenvalue weighted by Crippen LogP contribution is -2.03. The zero-order chi connectivity index (χ0) is 12.5. The van der Waals surface area contributed by atoms with Crippen molar-refractivity contribution in [2.45, 2.75) is 19.3 Å². The second kappa shape index (κ2) is 7.67. The summed E-state index contributed by atoms with van der Waals surface area (Å²) in [4.78, 5) is 0. The second-order valence-electron chi connectivity index (χ2n) is 4.61. The van der Waals surface area contributed by atoms with Gasteiger partial charge in [0.15, 0.2) is 0 Å². The van der Waals surface area contributed by atoms with Gasteiger partial charge in [-0.15, -0.1) is 0 Å². The van der Waals surface area contributed by atoms with Crippen LogP contribution in [0.15, 0.2) is 60.7 Å². The lowest BCUT2D eigenvalue weighted by Gasteiger charge is -2.00. The Morgan fingerprint density at radius 1 is 0.667 bits per heavy atom. The molecule has 2 aromatic rings. The number of benzene rings is 2. The van der Waals surface area contributed by atoms with Crippen molar-refractivity contribution in [3.8, 4) is 0 Å². The SMILES string of the molecule is C1CCNC1.c1ccc(Cc2ccccc2)cc1. The number of nitrogens with one attached hydrogen (secondary N) is 1. The van der Waals surface area contributed by atoms with Crippen LogP contribution in [0.25, 0.3) is 0 Å². The highest BCUT2D eigenvalue weighted by molar-refractivity contribution is 5.25. The van der Waals surface area contributed by atoms with E-state index in [-0.39, 0.29) is 0 Å². The van der Waals surface area contributed by atoms with Gasteiger partial charge in [0.05, 0.1) is 0 Å². The van der Waals surface area contributed by atoms with E-state index in [9.17, 15) is 0 Å². The van der Waals surface area contributed by atoms with E-state index < -0.39 is 0 Å². The molecule has 0 aliphatic carbocycles. The molecule has 0 radical (unpaired) electrons. The van der Waals surface area contributed by atoms with Crippen LogP contribution in [0.3, 0.4) is 0 Å². The van der Waals surface area contributed by atoms with Crippen LogP contribution in [-0.4, -0.2) is 13.1 Å². The average molecular weight is 239 g/mol. The van der Waals surface area contributed by atoms with Gasteiger partial charge in [0.1, 0.15) is 0 Å². The molecule has 0 atom stereocenters. The summed E-state index contributed by atoms with van der Waals surface area (Å²) >= 11 is 0. The van der Waals surface area contributed by atoms with Crippen molar-refractivity contribution in [1.82, 2.24) is 5.32 Å². The van der Waals surface area contributed by atoms with E-state index in [1.54, 1.807) is 0 Å². The van der Waals surface area contributed by atoms with Gasteiger partial charge in [0.25, 0.3) is 0 Å². The van der Waals surface area contributed by atoms with Gasteiger partial charge in [-0.25, -0.2) is 0 Å². The lowest BCUT2D eigenvalue weighted by molar-refractivity contribution is 0.857. The van der Waals surface area contributed by atoms with Crippen molar-refractivity contribution < 1.29 is 0 Å². The van der Waals surface area contributed by atoms with Gasteiger partial charge in [-0.2, -0.15) is 0 Å². The normalized spacial score (nSPS) is 13.8. The molecule has 0 saturated carbocycles. The van der Waals surface area contributed by atoms with Crippen molar-refractivity contribution in [1.29, 1.82) is 0 Å². The van der Waals surface area contributed by atoms with Crippen molar-refractivity contribution in [2.24, 2.45) is 0 Å². The minimum Gasteiger partial charge on any atom is -0.317 e. The molecule has 1 N–H and O–H groups in total. The first-order valence-corrected chi connectivity index (χ1v) is 6.74. The van der Waals surface area contributed by atoms with E-state index in [1.807, 2.05) is 0 Å². The van der Waals surface area contributed by atoms with Crippen LogP contribution in [0.1, 0.15) is 24.0 Å². The summed E-state index contributed by atoms with van der Waals surface area (Å²) in [7, 11) is 0. The molecule has 0 bridgehead atoms. The molecule has 94 valence electrons. The van der Waals surface area contributed by atoms with Crippen molar-refractivity contribution in [3.05, 3.63) is 71.8 Å². The Kier molecular flexibility index (Phi) is 5.48. The summed E-state index contributed by atoms with van der Waals surface area (Å²) in [5, 5.41) is 3.22. The number of hydrogen-bond donors (Lipinski definition) is 1. The van der Waals surface area contributed by atoms with Crippen molar-refractivity contribution in [3.63, 3.8) is 0 Å². The van der Waals surface area contributed by atoms with Crippen LogP contribution in [-0.2, 0) is 6.42 Å². The summed E-state index contributed by atoms with van der Waals surface area (Å²) < 4.78 is 0. The second-order valence-corrected chi connectivity index (χ2v) is 4.61. The Bertz CT molecular complexity index is 373. The highest BCUT2D eigenvalue weighted by Crippen LogP contribution is 2.07. The first kappa shape index (κ1) is 12.8. The molecule has 0 unspecified atom stereocenters. The summed E-state index contributed by atoms with van der Waals surface area (Å²) in [6, 6.07) is 21.1. The maximum absolute atomic E-state index is 3.22. The van der Waals surface area contributed by atoms with Crippen LogP contribution >= 0.6 is 0 Å². The molecular weight excluding hydrogens is 218 g/mol. The zero-order valence-electron chi connectivity index (χ0n) is 10.8. The first-order valence-electron chi connectivity index (χ1n) is 6.74. The fraction of sp³-hybridized carbons (Fsp3) is 0.294. The Balaban J connectivity index is 0.000000202. The van der Waals surface area contributed by atoms with Gasteiger partial charge in [0.2, 0.25) is 0 Å². The molecule has 1 aliphatic heterocycles. The summed E-state index contributed by atoms with van der Waals surface area (Å²) in [5.74, 6) is 0. The number of rotatable bonds is 2. The van der Waals surface area contributed by atoms with Crippen LogP contribution in [0.2, 0.25) is 0 Å². The average Bonchev–Trinajstić information content (AvgIpc) is 3.00. The van der Waals surface area contributed by atoms with Crippen LogP contribution in [0, 0.1) is 0 Å². The van der Waals surface area contributed by atoms with E-state index in [1.165, 1.54) is 37.1 Å². The highest BCUT2D eigenvalue weighted by atomic mass is 14.9. The molecule has 1 heterocycles. The molecule has 1 saturated heterocycles. The van der Waals surface area contributed by atoms with Crippen LogP contribution in [0.5, 0.6) is 0 Å².